The molecule has 3 heteroatoms. The molecule has 0 amide bonds. The van der Waals surface area contributed by atoms with Crippen molar-refractivity contribution >= 4 is 5.97 Å². The first-order valence-corrected chi connectivity index (χ1v) is 7.09. The lowest BCUT2D eigenvalue weighted by atomic mass is 9.64. The number of rotatable bonds is 0. The average molecular weight is 237 g/mol. The highest BCUT2D eigenvalue weighted by Gasteiger charge is 2.53. The van der Waals surface area contributed by atoms with Gasteiger partial charge in [0.05, 0.1) is 0 Å². The predicted molar refractivity (Wildman–Crippen MR) is 65.0 cm³/mol. The second-order valence-corrected chi connectivity index (χ2v) is 6.50. The van der Waals surface area contributed by atoms with Gasteiger partial charge in [-0.2, -0.15) is 0 Å². The van der Waals surface area contributed by atoms with Gasteiger partial charge < -0.3 is 4.74 Å². The first-order chi connectivity index (χ1) is 8.08. The summed E-state index contributed by atoms with van der Waals surface area (Å²) < 4.78 is 5.60. The summed E-state index contributed by atoms with van der Waals surface area (Å²) in [5.74, 6) is 2.13. The van der Waals surface area contributed by atoms with E-state index >= 15 is 0 Å². The van der Waals surface area contributed by atoms with Gasteiger partial charge in [-0.25, -0.2) is 0 Å². The molecule has 96 valence electrons. The first kappa shape index (κ1) is 11.5. The van der Waals surface area contributed by atoms with Crippen LogP contribution >= 0.6 is 0 Å². The number of hydrogen-bond donors (Lipinski definition) is 1. The second-order valence-electron chi connectivity index (χ2n) is 6.50. The Morgan fingerprint density at radius 2 is 2.00 bits per heavy atom. The third kappa shape index (κ3) is 1.88. The van der Waals surface area contributed by atoms with Crippen molar-refractivity contribution in [3.05, 3.63) is 0 Å². The van der Waals surface area contributed by atoms with Crippen LogP contribution in [0.25, 0.3) is 0 Å². The molecule has 0 aromatic heterocycles. The van der Waals surface area contributed by atoms with Crippen LogP contribution in [0.4, 0.5) is 0 Å². The predicted octanol–water partition coefficient (Wildman–Crippen LogP) is 2.44. The zero-order valence-electron chi connectivity index (χ0n) is 10.7. The van der Waals surface area contributed by atoms with Gasteiger partial charge in [-0.1, -0.05) is 19.8 Å². The molecule has 0 aromatic carbocycles. The van der Waals surface area contributed by atoms with Crippen LogP contribution in [0.1, 0.15) is 51.9 Å². The molecule has 1 aliphatic heterocycles. The van der Waals surface area contributed by atoms with E-state index in [1.165, 1.54) is 32.1 Å². The summed E-state index contributed by atoms with van der Waals surface area (Å²) in [4.78, 5) is 11.7. The van der Waals surface area contributed by atoms with E-state index in [9.17, 15) is 4.79 Å². The third-order valence-electron chi connectivity index (χ3n) is 5.16. The molecule has 1 heterocycles. The van der Waals surface area contributed by atoms with Crippen molar-refractivity contribution in [2.75, 3.05) is 0 Å². The summed E-state index contributed by atoms with van der Waals surface area (Å²) in [5, 5.41) is 0. The summed E-state index contributed by atoms with van der Waals surface area (Å²) in [6.45, 7) is 2.24. The highest BCUT2D eigenvalue weighted by atomic mass is 16.6. The number of ether oxygens (including phenoxy) is 1. The molecule has 3 rings (SSSR count). The van der Waals surface area contributed by atoms with Gasteiger partial charge in [0.15, 0.2) is 5.72 Å². The third-order valence-corrected chi connectivity index (χ3v) is 5.16. The molecule has 1 saturated heterocycles. The summed E-state index contributed by atoms with van der Waals surface area (Å²) in [7, 11) is 0. The lowest BCUT2D eigenvalue weighted by Crippen LogP contribution is -2.60. The fraction of sp³-hybridized carbons (Fsp3) is 0.929. The summed E-state index contributed by atoms with van der Waals surface area (Å²) in [6, 6.07) is 0. The van der Waals surface area contributed by atoms with Crippen molar-refractivity contribution in [1.82, 2.24) is 0 Å². The van der Waals surface area contributed by atoms with Gasteiger partial charge in [0.25, 0.3) is 0 Å². The molecular weight excluding hydrogens is 214 g/mol. The molecule has 5 atom stereocenters. The minimum absolute atomic E-state index is 0.0662. The van der Waals surface area contributed by atoms with Crippen molar-refractivity contribution < 1.29 is 9.53 Å². The minimum atomic E-state index is -0.652. The van der Waals surface area contributed by atoms with Gasteiger partial charge in [-0.05, 0) is 37.0 Å². The Labute approximate surface area is 103 Å². The lowest BCUT2D eigenvalue weighted by Gasteiger charge is -2.49. The lowest BCUT2D eigenvalue weighted by molar-refractivity contribution is -0.194. The maximum Gasteiger partial charge on any atom is 0.307 e. The Balaban J connectivity index is 1.95. The van der Waals surface area contributed by atoms with E-state index in [0.29, 0.717) is 30.1 Å². The Morgan fingerprint density at radius 3 is 2.82 bits per heavy atom. The van der Waals surface area contributed by atoms with E-state index in [1.54, 1.807) is 0 Å². The molecule has 3 nitrogen and oxygen atoms in total. The summed E-state index contributed by atoms with van der Waals surface area (Å²) in [6.07, 6.45) is 7.70. The van der Waals surface area contributed by atoms with E-state index in [-0.39, 0.29) is 5.97 Å². The van der Waals surface area contributed by atoms with Crippen LogP contribution in [-0.4, -0.2) is 11.7 Å². The second kappa shape index (κ2) is 3.98. The number of carbonyl (C=O) groups is 1. The highest BCUT2D eigenvalue weighted by Crippen LogP contribution is 2.51. The molecule has 0 spiro atoms. The average Bonchev–Trinajstić information content (AvgIpc) is 2.36. The van der Waals surface area contributed by atoms with Gasteiger partial charge in [0.2, 0.25) is 0 Å². The maximum absolute atomic E-state index is 11.7. The van der Waals surface area contributed by atoms with E-state index in [0.717, 1.165) is 6.42 Å². The molecule has 0 aromatic rings. The quantitative estimate of drug-likeness (QED) is 0.658. The van der Waals surface area contributed by atoms with Crippen LogP contribution in [0.15, 0.2) is 0 Å². The van der Waals surface area contributed by atoms with Crippen molar-refractivity contribution in [2.45, 2.75) is 57.6 Å². The van der Waals surface area contributed by atoms with Crippen LogP contribution < -0.4 is 5.73 Å². The molecule has 3 unspecified atom stereocenters. The molecule has 2 saturated carbocycles. The van der Waals surface area contributed by atoms with Crippen molar-refractivity contribution in [1.29, 1.82) is 0 Å². The monoisotopic (exact) mass is 237 g/mol. The van der Waals surface area contributed by atoms with Gasteiger partial charge in [-0.3, -0.25) is 10.5 Å². The fourth-order valence-electron chi connectivity index (χ4n) is 4.60. The molecule has 2 N–H and O–H groups in total. The molecule has 0 bridgehead atoms. The standard InChI is InChI=1S/C14H23NO2/c1-9-5-6-10-3-2-4-11-7-12(16)17-14(15,8-9)13(10)11/h9-11,13H,2-8,15H2,1H3/t9-,10?,11?,13?,14+/m0/s1. The SMILES string of the molecule is C[C@H]1CCC2CCCC3CC(=O)O[C@](N)(C1)C23. The number of hydrogen-bond acceptors (Lipinski definition) is 3. The summed E-state index contributed by atoms with van der Waals surface area (Å²) >= 11 is 0. The Kier molecular flexibility index (Phi) is 2.69. The molecular formula is C14H23NO2. The van der Waals surface area contributed by atoms with E-state index in [4.69, 9.17) is 10.5 Å². The maximum atomic E-state index is 11.7. The topological polar surface area (TPSA) is 52.3 Å². The van der Waals surface area contributed by atoms with Crippen molar-refractivity contribution in [3.8, 4) is 0 Å². The molecule has 3 aliphatic rings. The van der Waals surface area contributed by atoms with E-state index in [1.807, 2.05) is 0 Å². The Bertz CT molecular complexity index is 330. The van der Waals surface area contributed by atoms with Crippen LogP contribution in [0.2, 0.25) is 0 Å². The summed E-state index contributed by atoms with van der Waals surface area (Å²) in [5.41, 5.74) is 5.84. The highest BCUT2D eigenvalue weighted by molar-refractivity contribution is 5.71. The van der Waals surface area contributed by atoms with Crippen molar-refractivity contribution in [3.63, 3.8) is 0 Å². The van der Waals surface area contributed by atoms with Crippen LogP contribution in [0.3, 0.4) is 0 Å². The minimum Gasteiger partial charge on any atom is -0.444 e. The van der Waals surface area contributed by atoms with Crippen LogP contribution in [-0.2, 0) is 9.53 Å². The molecule has 3 fully saturated rings. The van der Waals surface area contributed by atoms with E-state index < -0.39 is 5.72 Å². The van der Waals surface area contributed by atoms with Gasteiger partial charge >= 0.3 is 5.97 Å². The number of nitrogens with two attached hydrogens (primary N) is 1. The largest absolute Gasteiger partial charge is 0.444 e. The molecule has 0 radical (unpaired) electrons. The first-order valence-electron chi connectivity index (χ1n) is 7.09. The van der Waals surface area contributed by atoms with Crippen LogP contribution in [0.5, 0.6) is 0 Å². The smallest absolute Gasteiger partial charge is 0.307 e. The van der Waals surface area contributed by atoms with Crippen molar-refractivity contribution in [2.24, 2.45) is 29.4 Å². The zero-order chi connectivity index (χ0) is 12.0. The van der Waals surface area contributed by atoms with E-state index in [2.05, 4.69) is 6.92 Å². The number of esters is 1. The number of carbonyl (C=O) groups excluding carboxylic acids is 1. The Hall–Kier alpha value is -0.570. The van der Waals surface area contributed by atoms with Gasteiger partial charge in [0, 0.05) is 18.8 Å². The normalized spacial score (nSPS) is 50.1. The van der Waals surface area contributed by atoms with Crippen LogP contribution in [0, 0.1) is 23.7 Å². The zero-order valence-corrected chi connectivity index (χ0v) is 10.7. The molecule has 2 aliphatic carbocycles. The van der Waals surface area contributed by atoms with Gasteiger partial charge in [0.1, 0.15) is 0 Å². The molecule has 17 heavy (non-hydrogen) atoms. The van der Waals surface area contributed by atoms with Gasteiger partial charge in [-0.15, -0.1) is 0 Å². The Morgan fingerprint density at radius 1 is 1.24 bits per heavy atom. The fourth-order valence-corrected chi connectivity index (χ4v) is 4.60.